The Labute approximate surface area is 176 Å². The standard InChI is InChI=1S/C21H26N2O6S/c1-15(21(24)22-11-10-16-4-7-18(27-2)8-5-16)23(30(3,25)26)17-6-9-19-20(14-17)29-13-12-28-19/h4-9,14-15H,10-13H2,1-3H3,(H,22,24)/t15-/m0/s1. The number of anilines is 1. The summed E-state index contributed by atoms with van der Waals surface area (Å²) in [5.74, 6) is 1.39. The van der Waals surface area contributed by atoms with Gasteiger partial charge in [-0.15, -0.1) is 0 Å². The minimum atomic E-state index is -3.71. The molecule has 0 saturated heterocycles. The van der Waals surface area contributed by atoms with Gasteiger partial charge in [-0.3, -0.25) is 9.10 Å². The monoisotopic (exact) mass is 434 g/mol. The quantitative estimate of drug-likeness (QED) is 0.683. The van der Waals surface area contributed by atoms with E-state index < -0.39 is 16.1 Å². The fraction of sp³-hybridized carbons (Fsp3) is 0.381. The van der Waals surface area contributed by atoms with E-state index in [1.54, 1.807) is 32.2 Å². The SMILES string of the molecule is COc1ccc(CCNC(=O)[C@H](C)N(c2ccc3c(c2)OCCO3)S(C)(=O)=O)cc1. The molecule has 0 unspecified atom stereocenters. The van der Waals surface area contributed by atoms with Crippen molar-refractivity contribution in [3.63, 3.8) is 0 Å². The third kappa shape index (κ3) is 5.15. The number of nitrogens with one attached hydrogen (secondary N) is 1. The molecule has 2 aromatic carbocycles. The molecule has 0 radical (unpaired) electrons. The van der Waals surface area contributed by atoms with E-state index in [9.17, 15) is 13.2 Å². The number of amides is 1. The molecule has 1 heterocycles. The third-order valence-electron chi connectivity index (χ3n) is 4.74. The van der Waals surface area contributed by atoms with E-state index in [0.29, 0.717) is 43.4 Å². The van der Waals surface area contributed by atoms with Crippen LogP contribution in [0.2, 0.25) is 0 Å². The highest BCUT2D eigenvalue weighted by atomic mass is 32.2. The van der Waals surface area contributed by atoms with Crippen molar-refractivity contribution in [2.45, 2.75) is 19.4 Å². The van der Waals surface area contributed by atoms with Crippen LogP contribution in [0, 0.1) is 0 Å². The summed E-state index contributed by atoms with van der Waals surface area (Å²) in [6.45, 7) is 2.76. The molecule has 0 aromatic heterocycles. The second-order valence-corrected chi connectivity index (χ2v) is 8.81. The summed E-state index contributed by atoms with van der Waals surface area (Å²) in [5, 5.41) is 2.81. The first-order chi connectivity index (χ1) is 14.3. The van der Waals surface area contributed by atoms with Crippen molar-refractivity contribution in [1.29, 1.82) is 0 Å². The summed E-state index contributed by atoms with van der Waals surface area (Å²) >= 11 is 0. The molecule has 3 rings (SSSR count). The second kappa shape index (κ2) is 9.25. The van der Waals surface area contributed by atoms with Crippen molar-refractivity contribution in [3.8, 4) is 17.2 Å². The molecule has 1 atom stereocenters. The molecule has 1 aliphatic heterocycles. The number of benzene rings is 2. The number of rotatable bonds is 8. The fourth-order valence-electron chi connectivity index (χ4n) is 3.25. The molecule has 1 aliphatic rings. The summed E-state index contributed by atoms with van der Waals surface area (Å²) in [6, 6.07) is 11.5. The van der Waals surface area contributed by atoms with Crippen molar-refractivity contribution < 1.29 is 27.4 Å². The molecule has 0 fully saturated rings. The van der Waals surface area contributed by atoms with Gasteiger partial charge in [-0.25, -0.2) is 8.42 Å². The number of ether oxygens (including phenoxy) is 3. The van der Waals surface area contributed by atoms with Crippen LogP contribution in [0.25, 0.3) is 0 Å². The Kier molecular flexibility index (Phi) is 6.71. The largest absolute Gasteiger partial charge is 0.497 e. The lowest BCUT2D eigenvalue weighted by molar-refractivity contribution is -0.121. The maximum atomic E-state index is 12.7. The van der Waals surface area contributed by atoms with Crippen LogP contribution >= 0.6 is 0 Å². The van der Waals surface area contributed by atoms with E-state index in [0.717, 1.165) is 21.9 Å². The van der Waals surface area contributed by atoms with Crippen LogP contribution in [0.5, 0.6) is 17.2 Å². The van der Waals surface area contributed by atoms with Gasteiger partial charge in [-0.05, 0) is 43.2 Å². The maximum Gasteiger partial charge on any atom is 0.243 e. The number of carbonyl (C=O) groups is 1. The molecule has 0 saturated carbocycles. The fourth-order valence-corrected chi connectivity index (χ4v) is 4.41. The Morgan fingerprint density at radius 1 is 1.13 bits per heavy atom. The molecule has 30 heavy (non-hydrogen) atoms. The van der Waals surface area contributed by atoms with Gasteiger partial charge in [-0.1, -0.05) is 12.1 Å². The number of fused-ring (bicyclic) bond motifs is 1. The molecule has 9 heteroatoms. The van der Waals surface area contributed by atoms with Gasteiger partial charge < -0.3 is 19.5 Å². The maximum absolute atomic E-state index is 12.7. The van der Waals surface area contributed by atoms with Gasteiger partial charge in [0.05, 0.1) is 19.1 Å². The zero-order valence-corrected chi connectivity index (χ0v) is 18.1. The second-order valence-electron chi connectivity index (χ2n) is 6.95. The number of sulfonamides is 1. The normalized spacial score (nSPS) is 14.0. The van der Waals surface area contributed by atoms with Crippen LogP contribution in [0.1, 0.15) is 12.5 Å². The van der Waals surface area contributed by atoms with Gasteiger partial charge in [0, 0.05) is 12.6 Å². The van der Waals surface area contributed by atoms with Gasteiger partial charge in [-0.2, -0.15) is 0 Å². The van der Waals surface area contributed by atoms with E-state index >= 15 is 0 Å². The summed E-state index contributed by atoms with van der Waals surface area (Å²) in [4.78, 5) is 12.7. The summed E-state index contributed by atoms with van der Waals surface area (Å²) in [7, 11) is -2.11. The van der Waals surface area contributed by atoms with E-state index in [-0.39, 0.29) is 5.91 Å². The smallest absolute Gasteiger partial charge is 0.243 e. The van der Waals surface area contributed by atoms with Crippen LogP contribution < -0.4 is 23.8 Å². The first kappa shape index (κ1) is 21.8. The zero-order valence-electron chi connectivity index (χ0n) is 17.3. The minimum Gasteiger partial charge on any atom is -0.497 e. The van der Waals surface area contributed by atoms with Crippen LogP contribution in [0.15, 0.2) is 42.5 Å². The Morgan fingerprint density at radius 3 is 2.43 bits per heavy atom. The van der Waals surface area contributed by atoms with E-state index in [4.69, 9.17) is 14.2 Å². The lowest BCUT2D eigenvalue weighted by Gasteiger charge is -2.29. The predicted octanol–water partition coefficient (Wildman–Crippen LogP) is 1.98. The van der Waals surface area contributed by atoms with Gasteiger partial charge in [0.1, 0.15) is 25.0 Å². The van der Waals surface area contributed by atoms with E-state index in [1.165, 1.54) is 0 Å². The van der Waals surface area contributed by atoms with E-state index in [1.807, 2.05) is 24.3 Å². The first-order valence-corrected chi connectivity index (χ1v) is 11.4. The lowest BCUT2D eigenvalue weighted by Crippen LogP contribution is -2.48. The minimum absolute atomic E-state index is 0.347. The summed E-state index contributed by atoms with van der Waals surface area (Å²) < 4.78 is 42.2. The highest BCUT2D eigenvalue weighted by molar-refractivity contribution is 7.92. The molecule has 0 bridgehead atoms. The van der Waals surface area contributed by atoms with Crippen molar-refractivity contribution >= 4 is 21.6 Å². The third-order valence-corrected chi connectivity index (χ3v) is 5.98. The van der Waals surface area contributed by atoms with Gasteiger partial charge >= 0.3 is 0 Å². The van der Waals surface area contributed by atoms with Crippen LogP contribution in [0.4, 0.5) is 5.69 Å². The Hall–Kier alpha value is -2.94. The molecular weight excluding hydrogens is 408 g/mol. The number of nitrogens with zero attached hydrogens (tertiary/aromatic N) is 1. The number of carbonyl (C=O) groups excluding carboxylic acids is 1. The Morgan fingerprint density at radius 2 is 1.80 bits per heavy atom. The topological polar surface area (TPSA) is 94.2 Å². The zero-order chi connectivity index (χ0) is 21.7. The number of hydrogen-bond acceptors (Lipinski definition) is 6. The number of hydrogen-bond donors (Lipinski definition) is 1. The average molecular weight is 435 g/mol. The predicted molar refractivity (Wildman–Crippen MR) is 114 cm³/mol. The highest BCUT2D eigenvalue weighted by Gasteiger charge is 2.30. The molecule has 162 valence electrons. The van der Waals surface area contributed by atoms with Crippen LogP contribution in [-0.2, 0) is 21.2 Å². The average Bonchev–Trinajstić information content (AvgIpc) is 2.73. The lowest BCUT2D eigenvalue weighted by atomic mass is 10.1. The van der Waals surface area contributed by atoms with Gasteiger partial charge in [0.2, 0.25) is 15.9 Å². The molecule has 1 amide bonds. The van der Waals surface area contributed by atoms with E-state index in [2.05, 4.69) is 5.32 Å². The Bertz CT molecular complexity index is 991. The van der Waals surface area contributed by atoms with Gasteiger partial charge in [0.15, 0.2) is 11.5 Å². The first-order valence-electron chi connectivity index (χ1n) is 9.59. The number of methoxy groups -OCH3 is 1. The molecule has 0 aliphatic carbocycles. The molecule has 0 spiro atoms. The van der Waals surface area contributed by atoms with Crippen molar-refractivity contribution in [3.05, 3.63) is 48.0 Å². The Balaban J connectivity index is 1.68. The van der Waals surface area contributed by atoms with Crippen molar-refractivity contribution in [2.75, 3.05) is 37.4 Å². The molecule has 8 nitrogen and oxygen atoms in total. The summed E-state index contributed by atoms with van der Waals surface area (Å²) in [5.41, 5.74) is 1.38. The highest BCUT2D eigenvalue weighted by Crippen LogP contribution is 2.35. The van der Waals surface area contributed by atoms with Crippen LogP contribution in [0.3, 0.4) is 0 Å². The summed E-state index contributed by atoms with van der Waals surface area (Å²) in [6.07, 6.45) is 1.69. The molecular formula is C21H26N2O6S. The van der Waals surface area contributed by atoms with Gasteiger partial charge in [0.25, 0.3) is 0 Å². The van der Waals surface area contributed by atoms with Crippen molar-refractivity contribution in [2.24, 2.45) is 0 Å². The van der Waals surface area contributed by atoms with Crippen LogP contribution in [-0.4, -0.2) is 53.5 Å². The molecule has 1 N–H and O–H groups in total. The molecule has 2 aromatic rings. The van der Waals surface area contributed by atoms with Crippen molar-refractivity contribution in [1.82, 2.24) is 5.32 Å².